The molecule has 0 aliphatic heterocycles. The van der Waals surface area contributed by atoms with Gasteiger partial charge in [-0.3, -0.25) is 0 Å². The van der Waals surface area contributed by atoms with Gasteiger partial charge in [-0.15, -0.1) is 0 Å². The van der Waals surface area contributed by atoms with Gasteiger partial charge in [0, 0.05) is 12.2 Å². The maximum atomic E-state index is 12.3. The summed E-state index contributed by atoms with van der Waals surface area (Å²) in [6.45, 7) is 2.74. The van der Waals surface area contributed by atoms with E-state index in [1.165, 1.54) is 12.8 Å². The summed E-state index contributed by atoms with van der Waals surface area (Å²) >= 11 is 0. The first kappa shape index (κ1) is 17.6. The lowest BCUT2D eigenvalue weighted by Gasteiger charge is -2.32. The average molecular weight is 344 g/mol. The zero-order valence-corrected chi connectivity index (χ0v) is 14.8. The minimum Gasteiger partial charge on any atom is -0.338 e. The summed E-state index contributed by atoms with van der Waals surface area (Å²) < 4.78 is 0. The Hall–Kier alpha value is -2.24. The fourth-order valence-corrected chi connectivity index (χ4v) is 3.31. The molecule has 2 atom stereocenters. The van der Waals surface area contributed by atoms with Crippen molar-refractivity contribution in [3.8, 4) is 0 Å². The van der Waals surface area contributed by atoms with E-state index in [1.54, 1.807) is 0 Å². The van der Waals surface area contributed by atoms with Crippen molar-refractivity contribution in [1.82, 2.24) is 16.0 Å². The minimum absolute atomic E-state index is 0.0174. The molecule has 6 nitrogen and oxygen atoms in total. The lowest BCUT2D eigenvalue weighted by molar-refractivity contribution is 0.218. The third-order valence-corrected chi connectivity index (χ3v) is 4.92. The van der Waals surface area contributed by atoms with E-state index in [0.717, 1.165) is 43.5 Å². The molecule has 2 fully saturated rings. The van der Waals surface area contributed by atoms with Crippen LogP contribution in [0.5, 0.6) is 0 Å². The standard InChI is InChI=1S/C19H28N4O2/c1-13-5-4-6-15(11-13)21-19(25)23-17-8-3-2-7-16(17)22-18(24)20-12-14-9-10-14/h4-6,11,14,16-17H,2-3,7-10,12H2,1H3,(H2,20,22,24)(H2,21,23,25). The van der Waals surface area contributed by atoms with Crippen LogP contribution in [0.1, 0.15) is 44.1 Å². The molecule has 4 N–H and O–H groups in total. The second kappa shape index (κ2) is 8.23. The summed E-state index contributed by atoms with van der Waals surface area (Å²) in [4.78, 5) is 24.3. The Labute approximate surface area is 149 Å². The Morgan fingerprint density at radius 1 is 1.00 bits per heavy atom. The Balaban J connectivity index is 1.49. The van der Waals surface area contributed by atoms with Gasteiger partial charge in [-0.25, -0.2) is 9.59 Å². The third kappa shape index (κ3) is 5.66. The van der Waals surface area contributed by atoms with Crippen molar-refractivity contribution < 1.29 is 9.59 Å². The maximum Gasteiger partial charge on any atom is 0.319 e. The number of carbonyl (C=O) groups is 2. The molecule has 0 aromatic heterocycles. The van der Waals surface area contributed by atoms with Crippen molar-refractivity contribution in [1.29, 1.82) is 0 Å². The van der Waals surface area contributed by atoms with Gasteiger partial charge < -0.3 is 21.3 Å². The molecule has 0 bridgehead atoms. The number of anilines is 1. The summed E-state index contributed by atoms with van der Waals surface area (Å²) in [5.74, 6) is 0.658. The monoisotopic (exact) mass is 344 g/mol. The number of carbonyl (C=O) groups excluding carboxylic acids is 2. The fraction of sp³-hybridized carbons (Fsp3) is 0.579. The molecular weight excluding hydrogens is 316 g/mol. The van der Waals surface area contributed by atoms with E-state index in [0.29, 0.717) is 5.92 Å². The Morgan fingerprint density at radius 3 is 2.32 bits per heavy atom. The molecule has 0 spiro atoms. The van der Waals surface area contributed by atoms with E-state index in [2.05, 4.69) is 21.3 Å². The molecule has 25 heavy (non-hydrogen) atoms. The molecular formula is C19H28N4O2. The predicted octanol–water partition coefficient (Wildman–Crippen LogP) is 3.14. The second-order valence-electron chi connectivity index (χ2n) is 7.26. The largest absolute Gasteiger partial charge is 0.338 e. The molecule has 4 amide bonds. The van der Waals surface area contributed by atoms with E-state index in [1.807, 2.05) is 31.2 Å². The van der Waals surface area contributed by atoms with Gasteiger partial charge in [-0.05, 0) is 56.2 Å². The summed E-state index contributed by atoms with van der Waals surface area (Å²) in [5.41, 5.74) is 1.88. The molecule has 0 radical (unpaired) electrons. The quantitative estimate of drug-likeness (QED) is 0.662. The van der Waals surface area contributed by atoms with Gasteiger partial charge >= 0.3 is 12.1 Å². The van der Waals surface area contributed by atoms with E-state index in [-0.39, 0.29) is 24.1 Å². The number of hydrogen-bond acceptors (Lipinski definition) is 2. The summed E-state index contributed by atoms with van der Waals surface area (Å²) in [6.07, 6.45) is 6.35. The Bertz CT molecular complexity index is 615. The summed E-state index contributed by atoms with van der Waals surface area (Å²) in [5, 5.41) is 11.9. The number of aryl methyl sites for hydroxylation is 1. The molecule has 136 valence electrons. The highest BCUT2D eigenvalue weighted by atomic mass is 16.2. The topological polar surface area (TPSA) is 82.3 Å². The maximum absolute atomic E-state index is 12.3. The molecule has 2 saturated carbocycles. The van der Waals surface area contributed by atoms with Crippen LogP contribution in [0.2, 0.25) is 0 Å². The molecule has 2 unspecified atom stereocenters. The first-order chi connectivity index (χ1) is 12.1. The minimum atomic E-state index is -0.220. The van der Waals surface area contributed by atoms with Gasteiger partial charge in [-0.1, -0.05) is 25.0 Å². The first-order valence-electron chi connectivity index (χ1n) is 9.29. The van der Waals surface area contributed by atoms with E-state index in [4.69, 9.17) is 0 Å². The van der Waals surface area contributed by atoms with Crippen LogP contribution in [0, 0.1) is 12.8 Å². The van der Waals surface area contributed by atoms with Gasteiger partial charge in [0.15, 0.2) is 0 Å². The van der Waals surface area contributed by atoms with E-state index >= 15 is 0 Å². The van der Waals surface area contributed by atoms with Crippen molar-refractivity contribution in [3.63, 3.8) is 0 Å². The third-order valence-electron chi connectivity index (χ3n) is 4.92. The van der Waals surface area contributed by atoms with Gasteiger partial charge in [0.1, 0.15) is 0 Å². The molecule has 2 aliphatic rings. The predicted molar refractivity (Wildman–Crippen MR) is 98.6 cm³/mol. The van der Waals surface area contributed by atoms with Crippen molar-refractivity contribution in [2.45, 2.75) is 57.5 Å². The highest BCUT2D eigenvalue weighted by Crippen LogP contribution is 2.27. The molecule has 1 aromatic rings. The normalized spacial score (nSPS) is 22.8. The van der Waals surface area contributed by atoms with Gasteiger partial charge in [0.05, 0.1) is 12.1 Å². The van der Waals surface area contributed by atoms with E-state index in [9.17, 15) is 9.59 Å². The van der Waals surface area contributed by atoms with Gasteiger partial charge in [0.25, 0.3) is 0 Å². The van der Waals surface area contributed by atoms with Crippen LogP contribution >= 0.6 is 0 Å². The van der Waals surface area contributed by atoms with Crippen LogP contribution in [-0.2, 0) is 0 Å². The SMILES string of the molecule is Cc1cccc(NC(=O)NC2CCCCC2NC(=O)NCC2CC2)c1. The summed E-state index contributed by atoms with van der Waals surface area (Å²) in [6, 6.07) is 7.31. The number of rotatable bonds is 5. The smallest absolute Gasteiger partial charge is 0.319 e. The number of hydrogen-bond donors (Lipinski definition) is 4. The van der Waals surface area contributed by atoms with Crippen molar-refractivity contribution in [2.24, 2.45) is 5.92 Å². The molecule has 3 rings (SSSR count). The molecule has 1 aromatic carbocycles. The Morgan fingerprint density at radius 2 is 1.68 bits per heavy atom. The van der Waals surface area contributed by atoms with Crippen molar-refractivity contribution >= 4 is 17.7 Å². The second-order valence-corrected chi connectivity index (χ2v) is 7.26. The molecule has 6 heteroatoms. The van der Waals surface area contributed by atoms with Crippen molar-refractivity contribution in [3.05, 3.63) is 29.8 Å². The molecule has 2 aliphatic carbocycles. The zero-order chi connectivity index (χ0) is 17.6. The number of urea groups is 2. The van der Waals surface area contributed by atoms with Crippen LogP contribution in [0.25, 0.3) is 0 Å². The molecule has 0 heterocycles. The number of benzene rings is 1. The highest BCUT2D eigenvalue weighted by molar-refractivity contribution is 5.89. The van der Waals surface area contributed by atoms with Gasteiger partial charge in [-0.2, -0.15) is 0 Å². The highest BCUT2D eigenvalue weighted by Gasteiger charge is 2.28. The van der Waals surface area contributed by atoms with Gasteiger partial charge in [0.2, 0.25) is 0 Å². The lowest BCUT2D eigenvalue weighted by atomic mass is 9.90. The fourth-order valence-electron chi connectivity index (χ4n) is 3.31. The first-order valence-corrected chi connectivity index (χ1v) is 9.29. The summed E-state index contributed by atoms with van der Waals surface area (Å²) in [7, 11) is 0. The van der Waals surface area contributed by atoms with Crippen LogP contribution in [0.3, 0.4) is 0 Å². The molecule has 0 saturated heterocycles. The van der Waals surface area contributed by atoms with Crippen LogP contribution in [0.15, 0.2) is 24.3 Å². The van der Waals surface area contributed by atoms with E-state index < -0.39 is 0 Å². The van der Waals surface area contributed by atoms with Crippen LogP contribution in [-0.4, -0.2) is 30.7 Å². The Kier molecular flexibility index (Phi) is 5.79. The number of amides is 4. The van der Waals surface area contributed by atoms with Crippen molar-refractivity contribution in [2.75, 3.05) is 11.9 Å². The average Bonchev–Trinajstić information content (AvgIpc) is 3.39. The van der Waals surface area contributed by atoms with Crippen LogP contribution < -0.4 is 21.3 Å². The van der Waals surface area contributed by atoms with Crippen LogP contribution in [0.4, 0.5) is 15.3 Å². The lowest BCUT2D eigenvalue weighted by Crippen LogP contribution is -2.55. The number of nitrogens with one attached hydrogen (secondary N) is 4. The zero-order valence-electron chi connectivity index (χ0n) is 14.8.